The second-order valence-electron chi connectivity index (χ2n) is 8.59. The molecule has 34 heavy (non-hydrogen) atoms. The number of amides is 2. The summed E-state index contributed by atoms with van der Waals surface area (Å²) in [4.78, 5) is 27.8. The van der Waals surface area contributed by atoms with Crippen LogP contribution in [0.4, 0.5) is 0 Å². The molecule has 0 bridgehead atoms. The Kier molecular flexibility index (Phi) is 9.73. The summed E-state index contributed by atoms with van der Waals surface area (Å²) in [6.45, 7) is 9.02. The molecule has 2 amide bonds. The van der Waals surface area contributed by atoms with Crippen LogP contribution in [0.2, 0.25) is 0 Å². The van der Waals surface area contributed by atoms with Crippen LogP contribution < -0.4 is 20.1 Å². The summed E-state index contributed by atoms with van der Waals surface area (Å²) < 4.78 is 16.4. The number of benzene rings is 2. The van der Waals surface area contributed by atoms with E-state index in [-0.39, 0.29) is 17.7 Å². The number of hydrogen-bond acceptors (Lipinski definition) is 6. The summed E-state index contributed by atoms with van der Waals surface area (Å²) in [7, 11) is 1.57. The summed E-state index contributed by atoms with van der Waals surface area (Å²) in [5.74, 6) is 0.843. The Hall–Kier alpha value is -3.10. The van der Waals surface area contributed by atoms with Crippen LogP contribution in [0, 0.1) is 5.92 Å². The minimum Gasteiger partial charge on any atom is -0.497 e. The Morgan fingerprint density at radius 2 is 1.79 bits per heavy atom. The summed E-state index contributed by atoms with van der Waals surface area (Å²) in [6.07, 6.45) is 0. The molecular formula is C26H35N3O5. The maximum absolute atomic E-state index is 12.9. The van der Waals surface area contributed by atoms with Gasteiger partial charge in [0.05, 0.1) is 20.3 Å². The second-order valence-corrected chi connectivity index (χ2v) is 8.59. The van der Waals surface area contributed by atoms with Gasteiger partial charge in [-0.2, -0.15) is 0 Å². The molecule has 2 aromatic rings. The van der Waals surface area contributed by atoms with Crippen LogP contribution in [0.25, 0.3) is 0 Å². The number of methoxy groups -OCH3 is 1. The number of rotatable bonds is 11. The highest BCUT2D eigenvalue weighted by molar-refractivity contribution is 5.97. The largest absolute Gasteiger partial charge is 0.497 e. The van der Waals surface area contributed by atoms with E-state index < -0.39 is 6.04 Å². The Balaban J connectivity index is 1.49. The number of hydrogen-bond donors (Lipinski definition) is 2. The third-order valence-corrected chi connectivity index (χ3v) is 5.73. The summed E-state index contributed by atoms with van der Waals surface area (Å²) >= 11 is 0. The minimum atomic E-state index is -0.650. The zero-order valence-electron chi connectivity index (χ0n) is 20.2. The van der Waals surface area contributed by atoms with Gasteiger partial charge in [-0.1, -0.05) is 26.0 Å². The van der Waals surface area contributed by atoms with Crippen molar-refractivity contribution in [1.82, 2.24) is 15.5 Å². The van der Waals surface area contributed by atoms with E-state index in [4.69, 9.17) is 14.2 Å². The second kappa shape index (κ2) is 13.0. The molecule has 0 saturated carbocycles. The molecule has 0 spiro atoms. The van der Waals surface area contributed by atoms with E-state index in [0.717, 1.165) is 44.2 Å². The summed E-state index contributed by atoms with van der Waals surface area (Å²) in [5, 5.41) is 5.79. The molecule has 1 heterocycles. The van der Waals surface area contributed by atoms with E-state index in [1.54, 1.807) is 31.4 Å². The predicted molar refractivity (Wildman–Crippen MR) is 130 cm³/mol. The Morgan fingerprint density at radius 3 is 2.47 bits per heavy atom. The van der Waals surface area contributed by atoms with E-state index in [2.05, 4.69) is 15.5 Å². The molecule has 2 aromatic carbocycles. The molecule has 0 radical (unpaired) electrons. The van der Waals surface area contributed by atoms with Gasteiger partial charge >= 0.3 is 0 Å². The molecule has 1 aliphatic rings. The molecule has 1 fully saturated rings. The van der Waals surface area contributed by atoms with Crippen molar-refractivity contribution in [2.75, 3.05) is 46.6 Å². The van der Waals surface area contributed by atoms with Crippen LogP contribution in [0.1, 0.15) is 29.8 Å². The zero-order chi connectivity index (χ0) is 24.3. The summed E-state index contributed by atoms with van der Waals surface area (Å²) in [6, 6.07) is 13.8. The van der Waals surface area contributed by atoms with Crippen molar-refractivity contribution in [2.45, 2.75) is 26.4 Å². The van der Waals surface area contributed by atoms with Crippen molar-refractivity contribution in [3.63, 3.8) is 0 Å². The molecule has 3 rings (SSSR count). The Bertz CT molecular complexity index is 926. The molecule has 1 unspecified atom stereocenters. The number of nitrogens with zero attached hydrogens (tertiary/aromatic N) is 1. The SMILES string of the molecule is COc1ccc(C(=O)NC(C(=O)NCc2cccc(OCCN3CCOCC3)c2)C(C)C)cc1. The van der Waals surface area contributed by atoms with Crippen molar-refractivity contribution < 1.29 is 23.8 Å². The van der Waals surface area contributed by atoms with Crippen LogP contribution >= 0.6 is 0 Å². The van der Waals surface area contributed by atoms with E-state index in [1.165, 1.54) is 0 Å². The van der Waals surface area contributed by atoms with Crippen molar-refractivity contribution in [1.29, 1.82) is 0 Å². The van der Waals surface area contributed by atoms with Crippen LogP contribution in [-0.4, -0.2) is 69.3 Å². The first-order valence-electron chi connectivity index (χ1n) is 11.7. The lowest BCUT2D eigenvalue weighted by Gasteiger charge is -2.26. The molecule has 1 saturated heterocycles. The molecule has 0 aliphatic carbocycles. The van der Waals surface area contributed by atoms with Gasteiger partial charge in [-0.15, -0.1) is 0 Å². The van der Waals surface area contributed by atoms with Gasteiger partial charge < -0.3 is 24.8 Å². The minimum absolute atomic E-state index is 0.0722. The van der Waals surface area contributed by atoms with Gasteiger partial charge in [0.25, 0.3) is 5.91 Å². The van der Waals surface area contributed by atoms with E-state index in [9.17, 15) is 9.59 Å². The first-order valence-corrected chi connectivity index (χ1v) is 11.7. The van der Waals surface area contributed by atoms with Gasteiger partial charge in [0.2, 0.25) is 5.91 Å². The maximum atomic E-state index is 12.9. The highest BCUT2D eigenvalue weighted by Gasteiger charge is 2.24. The fourth-order valence-corrected chi connectivity index (χ4v) is 3.66. The zero-order valence-corrected chi connectivity index (χ0v) is 20.2. The smallest absolute Gasteiger partial charge is 0.251 e. The Morgan fingerprint density at radius 1 is 1.06 bits per heavy atom. The topological polar surface area (TPSA) is 89.1 Å². The van der Waals surface area contributed by atoms with Gasteiger partial charge in [0.1, 0.15) is 24.1 Å². The number of morpholine rings is 1. The molecule has 0 aromatic heterocycles. The lowest BCUT2D eigenvalue weighted by molar-refractivity contribution is -0.124. The average molecular weight is 470 g/mol. The fraction of sp³-hybridized carbons (Fsp3) is 0.462. The Labute approximate surface area is 201 Å². The molecule has 1 atom stereocenters. The highest BCUT2D eigenvalue weighted by Crippen LogP contribution is 2.15. The average Bonchev–Trinajstić information content (AvgIpc) is 2.86. The van der Waals surface area contributed by atoms with E-state index in [1.807, 2.05) is 38.1 Å². The predicted octanol–water partition coefficient (Wildman–Crippen LogP) is 2.48. The van der Waals surface area contributed by atoms with E-state index in [0.29, 0.717) is 24.5 Å². The fourth-order valence-electron chi connectivity index (χ4n) is 3.66. The number of ether oxygens (including phenoxy) is 3. The highest BCUT2D eigenvalue weighted by atomic mass is 16.5. The van der Waals surface area contributed by atoms with Crippen molar-refractivity contribution in [3.8, 4) is 11.5 Å². The third kappa shape index (κ3) is 7.74. The van der Waals surface area contributed by atoms with Crippen LogP contribution in [-0.2, 0) is 16.1 Å². The third-order valence-electron chi connectivity index (χ3n) is 5.73. The van der Waals surface area contributed by atoms with Gasteiger partial charge in [-0.3, -0.25) is 14.5 Å². The van der Waals surface area contributed by atoms with Crippen molar-refractivity contribution >= 4 is 11.8 Å². The first kappa shape index (κ1) is 25.5. The standard InChI is InChI=1S/C26H35N3O5/c1-19(2)24(28-25(30)21-7-9-22(32-3)10-8-21)26(31)27-18-20-5-4-6-23(17-20)34-16-13-29-11-14-33-15-12-29/h4-10,17,19,24H,11-16,18H2,1-3H3,(H,27,31)(H,28,30). The number of nitrogens with one attached hydrogen (secondary N) is 2. The normalized spacial score (nSPS) is 14.9. The lowest BCUT2D eigenvalue weighted by Crippen LogP contribution is -2.49. The van der Waals surface area contributed by atoms with Gasteiger partial charge in [-0.05, 0) is 47.9 Å². The number of carbonyl (C=O) groups excluding carboxylic acids is 2. The molecule has 8 heteroatoms. The van der Waals surface area contributed by atoms with Gasteiger partial charge in [0, 0.05) is 31.7 Å². The van der Waals surface area contributed by atoms with Gasteiger partial charge in [-0.25, -0.2) is 0 Å². The van der Waals surface area contributed by atoms with Crippen LogP contribution in [0.15, 0.2) is 48.5 Å². The lowest BCUT2D eigenvalue weighted by atomic mass is 10.0. The van der Waals surface area contributed by atoms with Gasteiger partial charge in [0.15, 0.2) is 0 Å². The monoisotopic (exact) mass is 469 g/mol. The summed E-state index contributed by atoms with van der Waals surface area (Å²) in [5.41, 5.74) is 1.40. The van der Waals surface area contributed by atoms with Crippen molar-refractivity contribution in [3.05, 3.63) is 59.7 Å². The molecule has 2 N–H and O–H groups in total. The molecule has 1 aliphatic heterocycles. The van der Waals surface area contributed by atoms with E-state index >= 15 is 0 Å². The number of carbonyl (C=O) groups is 2. The molecular weight excluding hydrogens is 434 g/mol. The maximum Gasteiger partial charge on any atom is 0.251 e. The molecule has 184 valence electrons. The quantitative estimate of drug-likeness (QED) is 0.526. The van der Waals surface area contributed by atoms with Crippen LogP contribution in [0.3, 0.4) is 0 Å². The molecule has 8 nitrogen and oxygen atoms in total. The van der Waals surface area contributed by atoms with Crippen LogP contribution in [0.5, 0.6) is 11.5 Å². The van der Waals surface area contributed by atoms with Crippen molar-refractivity contribution in [2.24, 2.45) is 5.92 Å². The first-order chi connectivity index (χ1) is 16.5.